The first-order chi connectivity index (χ1) is 16.1. The van der Waals surface area contributed by atoms with E-state index in [0.29, 0.717) is 5.56 Å². The molecule has 10 nitrogen and oxygen atoms in total. The number of azide groups is 1. The van der Waals surface area contributed by atoms with Crippen molar-refractivity contribution >= 4 is 23.2 Å². The zero-order valence-electron chi connectivity index (χ0n) is 19.6. The highest BCUT2D eigenvalue weighted by molar-refractivity contribution is 7.13. The van der Waals surface area contributed by atoms with Crippen LogP contribution in [-0.2, 0) is 9.59 Å². The normalized spacial score (nSPS) is 20.5. The molecular weight excluding hydrogens is 456 g/mol. The maximum absolute atomic E-state index is 13.2. The topological polar surface area (TPSA) is 152 Å². The van der Waals surface area contributed by atoms with Gasteiger partial charge in [0, 0.05) is 17.9 Å². The molecule has 1 aromatic carbocycles. The highest BCUT2D eigenvalue weighted by Crippen LogP contribution is 2.29. The number of aliphatic hydroxyl groups is 2. The van der Waals surface area contributed by atoms with Crippen LogP contribution in [0.2, 0.25) is 0 Å². The van der Waals surface area contributed by atoms with Gasteiger partial charge in [0.05, 0.1) is 34.3 Å². The van der Waals surface area contributed by atoms with Crippen LogP contribution in [0.5, 0.6) is 0 Å². The van der Waals surface area contributed by atoms with Gasteiger partial charge >= 0.3 is 0 Å². The van der Waals surface area contributed by atoms with Crippen LogP contribution in [-0.4, -0.2) is 62.7 Å². The lowest BCUT2D eigenvalue weighted by Crippen LogP contribution is -2.51. The quantitative estimate of drug-likeness (QED) is 0.298. The summed E-state index contributed by atoms with van der Waals surface area (Å²) in [5, 5.41) is 27.0. The Morgan fingerprint density at radius 3 is 2.50 bits per heavy atom. The van der Waals surface area contributed by atoms with Crippen LogP contribution >= 0.6 is 11.3 Å². The molecule has 1 saturated heterocycles. The van der Waals surface area contributed by atoms with E-state index in [4.69, 9.17) is 5.53 Å². The first-order valence-corrected chi connectivity index (χ1v) is 12.0. The van der Waals surface area contributed by atoms with Gasteiger partial charge in [0.15, 0.2) is 0 Å². The zero-order chi connectivity index (χ0) is 25.0. The first-order valence-electron chi connectivity index (χ1n) is 11.2. The van der Waals surface area contributed by atoms with Gasteiger partial charge in [0.1, 0.15) is 12.1 Å². The van der Waals surface area contributed by atoms with Crippen molar-refractivity contribution in [1.82, 2.24) is 15.2 Å². The Balaban J connectivity index is 1.79. The molecule has 2 aromatic rings. The van der Waals surface area contributed by atoms with Crippen molar-refractivity contribution in [2.24, 2.45) is 11.0 Å². The van der Waals surface area contributed by atoms with Crippen LogP contribution in [0.1, 0.15) is 44.5 Å². The molecule has 2 heterocycles. The average Bonchev–Trinajstić information content (AvgIpc) is 3.40. The lowest BCUT2D eigenvalue weighted by atomic mass is 9.99. The van der Waals surface area contributed by atoms with Gasteiger partial charge in [-0.2, -0.15) is 0 Å². The second kappa shape index (κ2) is 11.0. The Bertz CT molecular complexity index is 1060. The van der Waals surface area contributed by atoms with E-state index in [1.807, 2.05) is 31.2 Å². The average molecular weight is 487 g/mol. The number of carbonyl (C=O) groups excluding carboxylic acids is 2. The molecule has 1 fully saturated rings. The number of thiazole rings is 1. The van der Waals surface area contributed by atoms with Crippen LogP contribution in [0.15, 0.2) is 34.9 Å². The van der Waals surface area contributed by atoms with Crippen molar-refractivity contribution < 1.29 is 19.8 Å². The predicted octanol–water partition coefficient (Wildman–Crippen LogP) is 2.95. The third kappa shape index (κ3) is 5.56. The molecule has 0 radical (unpaired) electrons. The number of rotatable bonds is 8. The lowest BCUT2D eigenvalue weighted by Gasteiger charge is -2.30. The van der Waals surface area contributed by atoms with E-state index in [1.165, 1.54) is 16.2 Å². The van der Waals surface area contributed by atoms with Crippen LogP contribution in [0.25, 0.3) is 20.9 Å². The molecule has 34 heavy (non-hydrogen) atoms. The number of aryl methyl sites for hydroxylation is 1. The maximum atomic E-state index is 13.2. The number of amides is 2. The fourth-order valence-electron chi connectivity index (χ4n) is 4.15. The van der Waals surface area contributed by atoms with Crippen molar-refractivity contribution in [3.8, 4) is 10.4 Å². The molecule has 1 aliphatic rings. The lowest BCUT2D eigenvalue weighted by molar-refractivity contribution is -0.140. The summed E-state index contributed by atoms with van der Waals surface area (Å²) in [4.78, 5) is 35.6. The molecule has 0 aliphatic carbocycles. The standard InChI is InChI=1S/C23H30N6O4S/c1-12(2)19(27-28-24)23(33)29-10-17(31)9-18(29)22(32)26-20(14(4)30)15-5-7-16(8-6-15)21-13(3)25-11-34-21/h5-8,11-12,14,17-20,30-31H,9-10H2,1-4H3,(H,26,32)/t14-,17+,18-,19-,20?/m0/s1. The summed E-state index contributed by atoms with van der Waals surface area (Å²) in [5.41, 5.74) is 13.3. The molecule has 0 spiro atoms. The SMILES string of the molecule is Cc1ncsc1-c1ccc(C(NC(=O)[C@@H]2C[C@@H](O)CN2C(=O)[C@@H](N=[N+]=[N-])C(C)C)[C@H](C)O)cc1. The minimum atomic E-state index is -0.971. The number of likely N-dealkylation sites (tertiary alicyclic amines) is 1. The Morgan fingerprint density at radius 2 is 1.97 bits per heavy atom. The highest BCUT2D eigenvalue weighted by atomic mass is 32.1. The number of aromatic nitrogens is 1. The minimum absolute atomic E-state index is 0.0245. The summed E-state index contributed by atoms with van der Waals surface area (Å²) in [6.45, 7) is 6.99. The van der Waals surface area contributed by atoms with Gasteiger partial charge in [-0.25, -0.2) is 4.98 Å². The molecule has 0 bridgehead atoms. The maximum Gasteiger partial charge on any atom is 0.243 e. The fourth-order valence-corrected chi connectivity index (χ4v) is 4.96. The van der Waals surface area contributed by atoms with Crippen LogP contribution in [0.3, 0.4) is 0 Å². The zero-order valence-corrected chi connectivity index (χ0v) is 20.4. The number of carbonyl (C=O) groups is 2. The van der Waals surface area contributed by atoms with Crippen molar-refractivity contribution in [2.75, 3.05) is 6.54 Å². The molecule has 3 rings (SSSR count). The Kier molecular flexibility index (Phi) is 8.27. The number of nitrogens with one attached hydrogen (secondary N) is 1. The minimum Gasteiger partial charge on any atom is -0.391 e. The first kappa shape index (κ1) is 25.6. The molecule has 11 heteroatoms. The monoisotopic (exact) mass is 486 g/mol. The van der Waals surface area contributed by atoms with E-state index >= 15 is 0 Å². The Morgan fingerprint density at radius 1 is 1.29 bits per heavy atom. The number of nitrogens with zero attached hydrogens (tertiary/aromatic N) is 5. The third-order valence-electron chi connectivity index (χ3n) is 5.98. The van der Waals surface area contributed by atoms with E-state index < -0.39 is 42.1 Å². The van der Waals surface area contributed by atoms with Crippen LogP contribution < -0.4 is 5.32 Å². The second-order valence-electron chi connectivity index (χ2n) is 8.91. The molecule has 3 N–H and O–H groups in total. The van der Waals surface area contributed by atoms with Gasteiger partial charge in [-0.1, -0.05) is 43.2 Å². The van der Waals surface area contributed by atoms with E-state index in [0.717, 1.165) is 16.1 Å². The number of β-amino-alcohol motifs (C(OH)–C–C–N with tert-alkyl or cyclic N) is 1. The van der Waals surface area contributed by atoms with E-state index in [9.17, 15) is 19.8 Å². The number of hydrogen-bond donors (Lipinski definition) is 3. The van der Waals surface area contributed by atoms with Crippen molar-refractivity contribution in [2.45, 2.75) is 64.4 Å². The molecule has 5 atom stereocenters. The van der Waals surface area contributed by atoms with E-state index in [-0.39, 0.29) is 18.9 Å². The van der Waals surface area contributed by atoms with Gasteiger partial charge < -0.3 is 20.4 Å². The summed E-state index contributed by atoms with van der Waals surface area (Å²) in [5.74, 6) is -1.25. The van der Waals surface area contributed by atoms with Gasteiger partial charge in [0.2, 0.25) is 11.8 Å². The fraction of sp³-hybridized carbons (Fsp3) is 0.522. The Labute approximate surface area is 202 Å². The second-order valence-corrected chi connectivity index (χ2v) is 9.76. The van der Waals surface area contributed by atoms with Gasteiger partial charge in [-0.3, -0.25) is 9.59 Å². The summed E-state index contributed by atoms with van der Waals surface area (Å²) in [6, 6.07) is 4.90. The van der Waals surface area contributed by atoms with Crippen LogP contribution in [0.4, 0.5) is 0 Å². The summed E-state index contributed by atoms with van der Waals surface area (Å²) in [6.07, 6.45) is -1.71. The van der Waals surface area contributed by atoms with Gasteiger partial charge in [0.25, 0.3) is 0 Å². The van der Waals surface area contributed by atoms with Crippen molar-refractivity contribution in [3.63, 3.8) is 0 Å². The van der Waals surface area contributed by atoms with Crippen molar-refractivity contribution in [1.29, 1.82) is 0 Å². The molecule has 2 amide bonds. The molecule has 182 valence electrons. The number of hydrogen-bond acceptors (Lipinski definition) is 7. The van der Waals surface area contributed by atoms with E-state index in [2.05, 4.69) is 20.3 Å². The Hall–Kier alpha value is -2.98. The van der Waals surface area contributed by atoms with Crippen LogP contribution in [0, 0.1) is 12.8 Å². The smallest absolute Gasteiger partial charge is 0.243 e. The van der Waals surface area contributed by atoms with Crippen molar-refractivity contribution in [3.05, 3.63) is 51.5 Å². The third-order valence-corrected chi connectivity index (χ3v) is 6.96. The summed E-state index contributed by atoms with van der Waals surface area (Å²) >= 11 is 1.54. The summed E-state index contributed by atoms with van der Waals surface area (Å²) in [7, 11) is 0. The number of benzene rings is 1. The van der Waals surface area contributed by atoms with Gasteiger partial charge in [-0.05, 0) is 36.4 Å². The number of aliphatic hydroxyl groups excluding tert-OH is 2. The predicted molar refractivity (Wildman–Crippen MR) is 129 cm³/mol. The molecule has 1 aliphatic heterocycles. The van der Waals surface area contributed by atoms with E-state index in [1.54, 1.807) is 26.3 Å². The highest BCUT2D eigenvalue weighted by Gasteiger charge is 2.42. The molecule has 0 saturated carbocycles. The van der Waals surface area contributed by atoms with Gasteiger partial charge in [-0.15, -0.1) is 11.3 Å². The molecular formula is C23H30N6O4S. The summed E-state index contributed by atoms with van der Waals surface area (Å²) < 4.78 is 0. The molecule has 1 aromatic heterocycles. The molecule has 1 unspecified atom stereocenters. The largest absolute Gasteiger partial charge is 0.391 e.